The standard InChI is InChI=1S/C19H14ClF4NO2S/c20-13-2-1-3-14(21)17(13)27-10-15-16(8-9-26)28-18(25-15)11-4-6-12(7-5-11)19(22,23)24/h1-7,26H,8-10H2. The summed E-state index contributed by atoms with van der Waals surface area (Å²) in [5.41, 5.74) is 0.224. The Balaban J connectivity index is 1.85. The first-order valence-corrected chi connectivity index (χ1v) is 9.33. The summed E-state index contributed by atoms with van der Waals surface area (Å²) in [5.74, 6) is -0.724. The van der Waals surface area contributed by atoms with Crippen molar-refractivity contribution in [2.45, 2.75) is 19.2 Å². The quantitative estimate of drug-likeness (QED) is 0.506. The van der Waals surface area contributed by atoms with Crippen molar-refractivity contribution in [1.29, 1.82) is 0 Å². The van der Waals surface area contributed by atoms with Crippen molar-refractivity contribution in [3.63, 3.8) is 0 Å². The second-order valence-corrected chi connectivity index (χ2v) is 7.27. The molecule has 1 heterocycles. The number of alkyl halides is 3. The van der Waals surface area contributed by atoms with Crippen molar-refractivity contribution in [2.24, 2.45) is 0 Å². The SMILES string of the molecule is OCCc1sc(-c2ccc(C(F)(F)F)cc2)nc1COc1c(F)cccc1Cl. The van der Waals surface area contributed by atoms with Gasteiger partial charge in [0.25, 0.3) is 0 Å². The molecule has 0 amide bonds. The van der Waals surface area contributed by atoms with E-state index in [9.17, 15) is 22.7 Å². The molecular weight excluding hydrogens is 418 g/mol. The molecule has 3 nitrogen and oxygen atoms in total. The van der Waals surface area contributed by atoms with Gasteiger partial charge in [0.2, 0.25) is 0 Å². The van der Waals surface area contributed by atoms with Crippen LogP contribution in [0.4, 0.5) is 17.6 Å². The predicted octanol–water partition coefficient (Wildman–Crippen LogP) is 5.74. The van der Waals surface area contributed by atoms with Gasteiger partial charge < -0.3 is 9.84 Å². The molecule has 28 heavy (non-hydrogen) atoms. The Labute approximate surface area is 167 Å². The molecule has 0 aliphatic heterocycles. The van der Waals surface area contributed by atoms with Gasteiger partial charge in [-0.25, -0.2) is 9.37 Å². The van der Waals surface area contributed by atoms with E-state index in [2.05, 4.69) is 4.98 Å². The number of aliphatic hydroxyl groups excluding tert-OH is 1. The first-order chi connectivity index (χ1) is 13.3. The van der Waals surface area contributed by atoms with Crippen LogP contribution in [-0.4, -0.2) is 16.7 Å². The zero-order chi connectivity index (χ0) is 20.3. The molecule has 0 saturated heterocycles. The molecule has 0 spiro atoms. The Morgan fingerprint density at radius 3 is 2.43 bits per heavy atom. The highest BCUT2D eigenvalue weighted by Gasteiger charge is 2.30. The molecule has 1 N–H and O–H groups in total. The summed E-state index contributed by atoms with van der Waals surface area (Å²) in [5, 5.41) is 9.85. The number of ether oxygens (including phenoxy) is 1. The summed E-state index contributed by atoms with van der Waals surface area (Å²) in [7, 11) is 0. The summed E-state index contributed by atoms with van der Waals surface area (Å²) in [6, 6.07) is 8.79. The Kier molecular flexibility index (Phi) is 6.22. The summed E-state index contributed by atoms with van der Waals surface area (Å²) in [6.45, 7) is -0.227. The number of nitrogens with zero attached hydrogens (tertiary/aromatic N) is 1. The highest BCUT2D eigenvalue weighted by Crippen LogP contribution is 2.34. The third-order valence-electron chi connectivity index (χ3n) is 3.85. The highest BCUT2D eigenvalue weighted by molar-refractivity contribution is 7.15. The van der Waals surface area contributed by atoms with E-state index in [0.29, 0.717) is 27.6 Å². The molecule has 148 valence electrons. The maximum absolute atomic E-state index is 13.8. The summed E-state index contributed by atoms with van der Waals surface area (Å²) < 4.78 is 57.5. The van der Waals surface area contributed by atoms with Crippen LogP contribution in [-0.2, 0) is 19.2 Å². The molecule has 0 aliphatic carbocycles. The van der Waals surface area contributed by atoms with E-state index in [1.165, 1.54) is 41.7 Å². The zero-order valence-electron chi connectivity index (χ0n) is 14.3. The topological polar surface area (TPSA) is 42.4 Å². The number of rotatable bonds is 6. The molecule has 0 fully saturated rings. The van der Waals surface area contributed by atoms with Crippen LogP contribution in [0.3, 0.4) is 0 Å². The maximum Gasteiger partial charge on any atom is 0.416 e. The molecule has 0 radical (unpaired) electrons. The first-order valence-electron chi connectivity index (χ1n) is 8.13. The molecule has 2 aromatic carbocycles. The Morgan fingerprint density at radius 2 is 1.82 bits per heavy atom. The summed E-state index contributed by atoms with van der Waals surface area (Å²) >= 11 is 7.17. The van der Waals surface area contributed by atoms with Gasteiger partial charge in [-0.05, 0) is 24.3 Å². The van der Waals surface area contributed by atoms with Crippen LogP contribution in [0.1, 0.15) is 16.1 Å². The number of thiazole rings is 1. The lowest BCUT2D eigenvalue weighted by atomic mass is 10.1. The molecular formula is C19H14ClF4NO2S. The van der Waals surface area contributed by atoms with E-state index in [1.54, 1.807) is 0 Å². The van der Waals surface area contributed by atoms with E-state index in [0.717, 1.165) is 12.1 Å². The molecule has 9 heteroatoms. The van der Waals surface area contributed by atoms with Crippen molar-refractivity contribution in [1.82, 2.24) is 4.98 Å². The van der Waals surface area contributed by atoms with E-state index in [4.69, 9.17) is 16.3 Å². The minimum absolute atomic E-state index is 0.0902. The maximum atomic E-state index is 13.8. The average molecular weight is 432 g/mol. The van der Waals surface area contributed by atoms with Crippen molar-refractivity contribution in [3.8, 4) is 16.3 Å². The second-order valence-electron chi connectivity index (χ2n) is 5.78. The fourth-order valence-corrected chi connectivity index (χ4v) is 3.76. The smallest absolute Gasteiger partial charge is 0.416 e. The van der Waals surface area contributed by atoms with Crippen LogP contribution in [0, 0.1) is 5.82 Å². The van der Waals surface area contributed by atoms with E-state index in [1.807, 2.05) is 0 Å². The number of benzene rings is 2. The Morgan fingerprint density at radius 1 is 1.11 bits per heavy atom. The largest absolute Gasteiger partial charge is 0.483 e. The number of aliphatic hydroxyl groups is 1. The van der Waals surface area contributed by atoms with Crippen LogP contribution >= 0.6 is 22.9 Å². The van der Waals surface area contributed by atoms with Crippen LogP contribution in [0.2, 0.25) is 5.02 Å². The van der Waals surface area contributed by atoms with Gasteiger partial charge in [0.1, 0.15) is 11.6 Å². The number of hydrogen-bond acceptors (Lipinski definition) is 4. The van der Waals surface area contributed by atoms with E-state index < -0.39 is 17.6 Å². The minimum atomic E-state index is -4.42. The highest BCUT2D eigenvalue weighted by atomic mass is 35.5. The number of para-hydroxylation sites is 1. The first kappa shape index (κ1) is 20.6. The van der Waals surface area contributed by atoms with E-state index in [-0.39, 0.29) is 24.0 Å². The molecule has 3 aromatic rings. The summed E-state index contributed by atoms with van der Waals surface area (Å²) in [6.07, 6.45) is -4.12. The van der Waals surface area contributed by atoms with E-state index >= 15 is 0 Å². The molecule has 0 atom stereocenters. The van der Waals surface area contributed by atoms with Gasteiger partial charge in [-0.15, -0.1) is 11.3 Å². The van der Waals surface area contributed by atoms with Crippen LogP contribution in [0.25, 0.3) is 10.6 Å². The zero-order valence-corrected chi connectivity index (χ0v) is 15.8. The van der Waals surface area contributed by atoms with Gasteiger partial charge in [0.15, 0.2) is 11.6 Å². The predicted molar refractivity (Wildman–Crippen MR) is 99.1 cm³/mol. The van der Waals surface area contributed by atoms with Gasteiger partial charge in [-0.2, -0.15) is 13.2 Å². The third-order valence-corrected chi connectivity index (χ3v) is 5.35. The van der Waals surface area contributed by atoms with Gasteiger partial charge in [0.05, 0.1) is 16.3 Å². The third kappa shape index (κ3) is 4.63. The fraction of sp³-hybridized carbons (Fsp3) is 0.211. The lowest BCUT2D eigenvalue weighted by molar-refractivity contribution is -0.137. The number of hydrogen-bond donors (Lipinski definition) is 1. The number of aromatic nitrogens is 1. The second kappa shape index (κ2) is 8.46. The van der Waals surface area contributed by atoms with Crippen molar-refractivity contribution >= 4 is 22.9 Å². The van der Waals surface area contributed by atoms with Gasteiger partial charge in [0, 0.05) is 23.5 Å². The normalized spacial score (nSPS) is 11.6. The average Bonchev–Trinajstić information content (AvgIpc) is 3.04. The molecule has 0 bridgehead atoms. The molecule has 3 rings (SSSR count). The fourth-order valence-electron chi connectivity index (χ4n) is 2.48. The van der Waals surface area contributed by atoms with Crippen molar-refractivity contribution in [3.05, 3.63) is 69.4 Å². The van der Waals surface area contributed by atoms with Gasteiger partial charge in [-0.1, -0.05) is 29.8 Å². The monoisotopic (exact) mass is 431 g/mol. The van der Waals surface area contributed by atoms with Gasteiger partial charge >= 0.3 is 6.18 Å². The minimum Gasteiger partial charge on any atom is -0.483 e. The Hall–Kier alpha value is -2.16. The van der Waals surface area contributed by atoms with Crippen LogP contribution in [0.5, 0.6) is 5.75 Å². The lowest BCUT2D eigenvalue weighted by Crippen LogP contribution is -2.04. The molecule has 0 aliphatic rings. The van der Waals surface area contributed by atoms with Crippen LogP contribution in [0.15, 0.2) is 42.5 Å². The number of halogens is 5. The summed E-state index contributed by atoms with van der Waals surface area (Å²) in [4.78, 5) is 5.10. The molecule has 0 saturated carbocycles. The molecule has 0 unspecified atom stereocenters. The van der Waals surface area contributed by atoms with Crippen LogP contribution < -0.4 is 4.74 Å². The Bertz CT molecular complexity index is 937. The van der Waals surface area contributed by atoms with Gasteiger partial charge in [-0.3, -0.25) is 0 Å². The lowest BCUT2D eigenvalue weighted by Gasteiger charge is -2.08. The van der Waals surface area contributed by atoms with Crippen molar-refractivity contribution < 1.29 is 27.4 Å². The molecule has 1 aromatic heterocycles. The van der Waals surface area contributed by atoms with Crippen molar-refractivity contribution in [2.75, 3.05) is 6.61 Å².